The SMILES string of the molecule is CC(NC#N)c1ccc(Br)cc1. The quantitative estimate of drug-likeness (QED) is 0.620. The number of nitrogens with zero attached hydrogens (tertiary/aromatic N) is 1. The first-order valence-electron chi connectivity index (χ1n) is 3.64. The van der Waals surface area contributed by atoms with Crippen LogP contribution >= 0.6 is 15.9 Å². The Hall–Kier alpha value is -1.01. The molecule has 0 fully saturated rings. The Morgan fingerprint density at radius 1 is 1.42 bits per heavy atom. The first-order chi connectivity index (χ1) is 5.74. The Morgan fingerprint density at radius 2 is 2.00 bits per heavy atom. The van der Waals surface area contributed by atoms with E-state index in [0.717, 1.165) is 10.0 Å². The molecule has 0 aliphatic rings. The molecular weight excluding hydrogens is 216 g/mol. The predicted octanol–water partition coefficient (Wildman–Crippen LogP) is 2.58. The Balaban J connectivity index is 2.76. The Bertz CT molecular complexity index is 286. The summed E-state index contributed by atoms with van der Waals surface area (Å²) >= 11 is 3.35. The summed E-state index contributed by atoms with van der Waals surface area (Å²) in [4.78, 5) is 0. The molecule has 1 aromatic rings. The van der Waals surface area contributed by atoms with Gasteiger partial charge in [0.25, 0.3) is 0 Å². The van der Waals surface area contributed by atoms with Crippen LogP contribution in [0.3, 0.4) is 0 Å². The third-order valence-corrected chi connectivity index (χ3v) is 2.18. The summed E-state index contributed by atoms with van der Waals surface area (Å²) in [6.07, 6.45) is 1.92. The second kappa shape index (κ2) is 4.13. The lowest BCUT2D eigenvalue weighted by Crippen LogP contribution is -2.11. The van der Waals surface area contributed by atoms with Gasteiger partial charge in [-0.3, -0.25) is 0 Å². The molecule has 1 aromatic carbocycles. The summed E-state index contributed by atoms with van der Waals surface area (Å²) in [6.45, 7) is 1.95. The third-order valence-electron chi connectivity index (χ3n) is 1.65. The maximum atomic E-state index is 8.38. The molecule has 62 valence electrons. The van der Waals surface area contributed by atoms with Crippen molar-refractivity contribution in [2.24, 2.45) is 0 Å². The van der Waals surface area contributed by atoms with Crippen molar-refractivity contribution in [3.8, 4) is 6.19 Å². The van der Waals surface area contributed by atoms with Crippen molar-refractivity contribution in [1.82, 2.24) is 5.32 Å². The molecule has 0 radical (unpaired) electrons. The number of hydrogen-bond donors (Lipinski definition) is 1. The predicted molar refractivity (Wildman–Crippen MR) is 51.3 cm³/mol. The van der Waals surface area contributed by atoms with Crippen LogP contribution in [0.1, 0.15) is 18.5 Å². The van der Waals surface area contributed by atoms with E-state index in [-0.39, 0.29) is 6.04 Å². The summed E-state index contributed by atoms with van der Waals surface area (Å²) in [5.41, 5.74) is 1.11. The van der Waals surface area contributed by atoms with E-state index in [9.17, 15) is 0 Å². The first-order valence-corrected chi connectivity index (χ1v) is 4.43. The van der Waals surface area contributed by atoms with E-state index in [1.54, 1.807) is 0 Å². The summed E-state index contributed by atoms with van der Waals surface area (Å²) in [6, 6.07) is 7.98. The average molecular weight is 225 g/mol. The van der Waals surface area contributed by atoms with Gasteiger partial charge in [0.15, 0.2) is 6.19 Å². The van der Waals surface area contributed by atoms with Crippen molar-refractivity contribution in [2.45, 2.75) is 13.0 Å². The molecule has 0 amide bonds. The summed E-state index contributed by atoms with van der Waals surface area (Å²) in [7, 11) is 0. The molecule has 2 nitrogen and oxygen atoms in total. The standard InChI is InChI=1S/C9H9BrN2/c1-7(12-6-11)8-2-4-9(10)5-3-8/h2-5,7,12H,1H3. The van der Waals surface area contributed by atoms with Crippen molar-refractivity contribution >= 4 is 15.9 Å². The molecule has 3 heteroatoms. The Labute approximate surface area is 80.3 Å². The summed E-state index contributed by atoms with van der Waals surface area (Å²) in [5, 5.41) is 11.1. The molecule has 0 heterocycles. The lowest BCUT2D eigenvalue weighted by atomic mass is 10.1. The van der Waals surface area contributed by atoms with Crippen LogP contribution in [0.5, 0.6) is 0 Å². The van der Waals surface area contributed by atoms with Gasteiger partial charge in [-0.05, 0) is 24.6 Å². The molecule has 0 aliphatic heterocycles. The largest absolute Gasteiger partial charge is 0.317 e. The fourth-order valence-electron chi connectivity index (χ4n) is 0.932. The molecule has 0 spiro atoms. The number of rotatable bonds is 2. The zero-order chi connectivity index (χ0) is 8.97. The van der Waals surface area contributed by atoms with Crippen LogP contribution in [0.15, 0.2) is 28.7 Å². The molecule has 0 aliphatic carbocycles. The van der Waals surface area contributed by atoms with Crippen LogP contribution in [-0.2, 0) is 0 Å². The molecule has 0 bridgehead atoms. The first kappa shape index (κ1) is 9.08. The van der Waals surface area contributed by atoms with Gasteiger partial charge in [-0.1, -0.05) is 28.1 Å². The molecule has 1 unspecified atom stereocenters. The number of benzene rings is 1. The second-order valence-electron chi connectivity index (χ2n) is 2.53. The lowest BCUT2D eigenvalue weighted by molar-refractivity contribution is 0.697. The van der Waals surface area contributed by atoms with Crippen molar-refractivity contribution < 1.29 is 0 Å². The maximum Gasteiger partial charge on any atom is 0.177 e. The van der Waals surface area contributed by atoms with Crippen molar-refractivity contribution in [2.75, 3.05) is 0 Å². The van der Waals surface area contributed by atoms with Crippen molar-refractivity contribution in [3.05, 3.63) is 34.3 Å². The Kier molecular flexibility index (Phi) is 3.12. The number of halogens is 1. The van der Waals surface area contributed by atoms with Gasteiger partial charge in [-0.2, -0.15) is 5.26 Å². The van der Waals surface area contributed by atoms with Gasteiger partial charge in [-0.25, -0.2) is 0 Å². The number of hydrogen-bond acceptors (Lipinski definition) is 2. The van der Waals surface area contributed by atoms with Crippen molar-refractivity contribution in [3.63, 3.8) is 0 Å². The molecule has 1 N–H and O–H groups in total. The van der Waals surface area contributed by atoms with Gasteiger partial charge in [0.05, 0.1) is 6.04 Å². The minimum absolute atomic E-state index is 0.0862. The van der Waals surface area contributed by atoms with Crippen LogP contribution in [0.4, 0.5) is 0 Å². The highest BCUT2D eigenvalue weighted by Crippen LogP contribution is 2.15. The van der Waals surface area contributed by atoms with Gasteiger partial charge in [0, 0.05) is 4.47 Å². The van der Waals surface area contributed by atoms with Crippen LogP contribution in [-0.4, -0.2) is 0 Å². The van der Waals surface area contributed by atoms with E-state index in [2.05, 4.69) is 21.2 Å². The molecular formula is C9H9BrN2. The van der Waals surface area contributed by atoms with Gasteiger partial charge in [0.2, 0.25) is 0 Å². The summed E-state index contributed by atoms with van der Waals surface area (Å²) in [5.74, 6) is 0. The third kappa shape index (κ3) is 2.24. The number of nitrogens with one attached hydrogen (secondary N) is 1. The zero-order valence-electron chi connectivity index (χ0n) is 6.71. The minimum atomic E-state index is 0.0862. The smallest absolute Gasteiger partial charge is 0.177 e. The van der Waals surface area contributed by atoms with Gasteiger partial charge in [-0.15, -0.1) is 0 Å². The van der Waals surface area contributed by atoms with E-state index >= 15 is 0 Å². The normalized spacial score (nSPS) is 11.8. The molecule has 0 saturated heterocycles. The minimum Gasteiger partial charge on any atom is -0.317 e. The topological polar surface area (TPSA) is 35.8 Å². The average Bonchev–Trinajstić information content (AvgIpc) is 2.06. The fourth-order valence-corrected chi connectivity index (χ4v) is 1.20. The van der Waals surface area contributed by atoms with Gasteiger partial charge < -0.3 is 5.32 Å². The highest BCUT2D eigenvalue weighted by Gasteiger charge is 2.01. The molecule has 1 atom stereocenters. The van der Waals surface area contributed by atoms with Crippen molar-refractivity contribution in [1.29, 1.82) is 5.26 Å². The molecule has 0 aromatic heterocycles. The second-order valence-corrected chi connectivity index (χ2v) is 3.45. The highest BCUT2D eigenvalue weighted by molar-refractivity contribution is 9.10. The lowest BCUT2D eigenvalue weighted by Gasteiger charge is -2.08. The zero-order valence-corrected chi connectivity index (χ0v) is 8.30. The van der Waals surface area contributed by atoms with Gasteiger partial charge >= 0.3 is 0 Å². The van der Waals surface area contributed by atoms with E-state index in [0.29, 0.717) is 0 Å². The monoisotopic (exact) mass is 224 g/mol. The van der Waals surface area contributed by atoms with Crippen LogP contribution in [0.25, 0.3) is 0 Å². The molecule has 12 heavy (non-hydrogen) atoms. The molecule has 1 rings (SSSR count). The van der Waals surface area contributed by atoms with Crippen LogP contribution < -0.4 is 5.32 Å². The summed E-state index contributed by atoms with van der Waals surface area (Å²) < 4.78 is 1.05. The van der Waals surface area contributed by atoms with E-state index < -0.39 is 0 Å². The molecule has 0 saturated carbocycles. The van der Waals surface area contributed by atoms with Crippen LogP contribution in [0, 0.1) is 11.5 Å². The van der Waals surface area contributed by atoms with Gasteiger partial charge in [0.1, 0.15) is 0 Å². The van der Waals surface area contributed by atoms with Crippen LogP contribution in [0.2, 0.25) is 0 Å². The van der Waals surface area contributed by atoms with E-state index in [4.69, 9.17) is 5.26 Å². The van der Waals surface area contributed by atoms with E-state index in [1.807, 2.05) is 37.4 Å². The maximum absolute atomic E-state index is 8.38. The Morgan fingerprint density at radius 3 is 2.50 bits per heavy atom. The van der Waals surface area contributed by atoms with E-state index in [1.165, 1.54) is 0 Å². The fraction of sp³-hybridized carbons (Fsp3) is 0.222. The number of nitriles is 1. The highest BCUT2D eigenvalue weighted by atomic mass is 79.9.